The van der Waals surface area contributed by atoms with Crippen LogP contribution in [-0.4, -0.2) is 23.8 Å². The van der Waals surface area contributed by atoms with Gasteiger partial charge in [0.05, 0.1) is 0 Å². The molecule has 1 heterocycles. The van der Waals surface area contributed by atoms with Crippen LogP contribution in [0.5, 0.6) is 0 Å². The van der Waals surface area contributed by atoms with Gasteiger partial charge in [-0.1, -0.05) is 25.1 Å². The highest BCUT2D eigenvalue weighted by atomic mass is 16.3. The lowest BCUT2D eigenvalue weighted by Crippen LogP contribution is -2.51. The third-order valence-corrected chi connectivity index (χ3v) is 4.54. The van der Waals surface area contributed by atoms with Crippen LogP contribution in [0.4, 0.5) is 5.69 Å². The van der Waals surface area contributed by atoms with Crippen molar-refractivity contribution < 1.29 is 5.11 Å². The first-order valence-electron chi connectivity index (χ1n) is 7.55. The highest BCUT2D eigenvalue weighted by Gasteiger charge is 2.34. The maximum Gasteiger partial charge on any atom is 0.0434 e. The van der Waals surface area contributed by atoms with Gasteiger partial charge in [-0.05, 0) is 57.1 Å². The van der Waals surface area contributed by atoms with Crippen LogP contribution < -0.4 is 4.90 Å². The monoisotopic (exact) mass is 261 g/mol. The normalized spacial score (nSPS) is 22.5. The van der Waals surface area contributed by atoms with E-state index >= 15 is 0 Å². The van der Waals surface area contributed by atoms with E-state index in [9.17, 15) is 5.11 Å². The molecule has 1 aliphatic rings. The minimum absolute atomic E-state index is 0.219. The van der Waals surface area contributed by atoms with Gasteiger partial charge in [0.1, 0.15) is 0 Å². The lowest BCUT2D eigenvalue weighted by Gasteiger charge is -2.48. The van der Waals surface area contributed by atoms with E-state index in [1.165, 1.54) is 24.1 Å². The first-order chi connectivity index (χ1) is 9.08. The second-order valence-electron chi connectivity index (χ2n) is 6.32. The summed E-state index contributed by atoms with van der Waals surface area (Å²) in [5, 5.41) is 9.19. The molecule has 0 bridgehead atoms. The summed E-state index contributed by atoms with van der Waals surface area (Å²) in [7, 11) is 0. The van der Waals surface area contributed by atoms with Gasteiger partial charge in [0.25, 0.3) is 0 Å². The summed E-state index contributed by atoms with van der Waals surface area (Å²) in [6.45, 7) is 8.29. The first kappa shape index (κ1) is 14.4. The fourth-order valence-electron chi connectivity index (χ4n) is 3.20. The summed E-state index contributed by atoms with van der Waals surface area (Å²) in [6, 6.07) is 8.76. The molecule has 0 aliphatic carbocycles. The molecule has 0 radical (unpaired) electrons. The van der Waals surface area contributed by atoms with E-state index in [4.69, 9.17) is 0 Å². The maximum absolute atomic E-state index is 9.19. The fraction of sp³-hybridized carbons (Fsp3) is 0.647. The largest absolute Gasteiger partial charge is 0.396 e. The Morgan fingerprint density at radius 3 is 2.74 bits per heavy atom. The number of hydrogen-bond donors (Lipinski definition) is 1. The Balaban J connectivity index is 2.27. The molecule has 1 unspecified atom stereocenters. The molecule has 1 aromatic rings. The Bertz CT molecular complexity index is 413. The number of nitrogens with zero attached hydrogens (tertiary/aromatic N) is 1. The molecule has 1 aromatic carbocycles. The van der Waals surface area contributed by atoms with Gasteiger partial charge >= 0.3 is 0 Å². The summed E-state index contributed by atoms with van der Waals surface area (Å²) in [5.41, 5.74) is 3.04. The van der Waals surface area contributed by atoms with E-state index in [1.807, 2.05) is 0 Å². The van der Waals surface area contributed by atoms with Crippen molar-refractivity contribution >= 4 is 5.69 Å². The summed E-state index contributed by atoms with van der Waals surface area (Å²) < 4.78 is 0. The number of para-hydroxylation sites is 1. The first-order valence-corrected chi connectivity index (χ1v) is 7.55. The van der Waals surface area contributed by atoms with E-state index in [2.05, 4.69) is 49.9 Å². The molecule has 2 heteroatoms. The zero-order valence-electron chi connectivity index (χ0n) is 12.5. The molecular formula is C17H27NO. The molecule has 0 saturated carbocycles. The number of aliphatic hydroxyl groups excluding tert-OH is 1. The molecule has 1 fully saturated rings. The topological polar surface area (TPSA) is 23.5 Å². The molecule has 2 nitrogen and oxygen atoms in total. The van der Waals surface area contributed by atoms with Crippen molar-refractivity contribution in [1.29, 1.82) is 0 Å². The van der Waals surface area contributed by atoms with Gasteiger partial charge in [-0.25, -0.2) is 0 Å². The lowest BCUT2D eigenvalue weighted by atomic mass is 9.82. The Morgan fingerprint density at radius 2 is 2.05 bits per heavy atom. The van der Waals surface area contributed by atoms with Crippen LogP contribution in [0.3, 0.4) is 0 Å². The van der Waals surface area contributed by atoms with Crippen LogP contribution in [0.15, 0.2) is 24.3 Å². The van der Waals surface area contributed by atoms with E-state index in [0.717, 1.165) is 19.4 Å². The predicted molar refractivity (Wildman–Crippen MR) is 81.7 cm³/mol. The van der Waals surface area contributed by atoms with Crippen molar-refractivity contribution in [3.8, 4) is 0 Å². The summed E-state index contributed by atoms with van der Waals surface area (Å²) in [4.78, 5) is 2.57. The van der Waals surface area contributed by atoms with Crippen LogP contribution in [-0.2, 0) is 6.42 Å². The molecule has 1 aliphatic heterocycles. The standard InChI is InChI=1S/C17H27NO/c1-4-15-7-5-6-8-16(15)18-13-14(10-12-19)9-11-17(18,2)3/h5-8,14,19H,4,9-13H2,1-3H3. The number of aryl methyl sites for hydroxylation is 1. The van der Waals surface area contributed by atoms with E-state index in [1.54, 1.807) is 0 Å². The van der Waals surface area contributed by atoms with E-state index < -0.39 is 0 Å². The Kier molecular flexibility index (Phi) is 4.51. The number of aliphatic hydroxyl groups is 1. The molecule has 1 N–H and O–H groups in total. The average molecular weight is 261 g/mol. The number of piperidine rings is 1. The quantitative estimate of drug-likeness (QED) is 0.894. The minimum Gasteiger partial charge on any atom is -0.396 e. The van der Waals surface area contributed by atoms with Crippen molar-refractivity contribution in [2.75, 3.05) is 18.1 Å². The average Bonchev–Trinajstić information content (AvgIpc) is 2.41. The highest BCUT2D eigenvalue weighted by molar-refractivity contribution is 5.56. The Labute approximate surface area is 117 Å². The number of benzene rings is 1. The molecule has 19 heavy (non-hydrogen) atoms. The van der Waals surface area contributed by atoms with Gasteiger partial charge in [0.15, 0.2) is 0 Å². The van der Waals surface area contributed by atoms with Gasteiger partial charge in [-0.3, -0.25) is 0 Å². The van der Waals surface area contributed by atoms with Crippen LogP contribution in [0, 0.1) is 5.92 Å². The summed E-state index contributed by atoms with van der Waals surface area (Å²) >= 11 is 0. The molecule has 0 amide bonds. The van der Waals surface area contributed by atoms with Crippen LogP contribution in [0.2, 0.25) is 0 Å². The zero-order chi connectivity index (χ0) is 13.9. The smallest absolute Gasteiger partial charge is 0.0434 e. The van der Waals surface area contributed by atoms with Crippen LogP contribution in [0.25, 0.3) is 0 Å². The van der Waals surface area contributed by atoms with Crippen LogP contribution >= 0.6 is 0 Å². The highest BCUT2D eigenvalue weighted by Crippen LogP contribution is 2.37. The van der Waals surface area contributed by atoms with Gasteiger partial charge in [-0.2, -0.15) is 0 Å². The van der Waals surface area contributed by atoms with Crippen LogP contribution in [0.1, 0.15) is 45.6 Å². The number of rotatable bonds is 4. The zero-order valence-corrected chi connectivity index (χ0v) is 12.5. The third-order valence-electron chi connectivity index (χ3n) is 4.54. The summed E-state index contributed by atoms with van der Waals surface area (Å²) in [5.74, 6) is 0.628. The van der Waals surface area contributed by atoms with Gasteiger partial charge < -0.3 is 10.0 Å². The minimum atomic E-state index is 0.219. The number of hydrogen-bond acceptors (Lipinski definition) is 2. The van der Waals surface area contributed by atoms with Gasteiger partial charge in [-0.15, -0.1) is 0 Å². The Hall–Kier alpha value is -1.02. The lowest BCUT2D eigenvalue weighted by molar-refractivity contribution is 0.217. The maximum atomic E-state index is 9.19. The van der Waals surface area contributed by atoms with E-state index in [-0.39, 0.29) is 5.54 Å². The third kappa shape index (κ3) is 3.11. The molecule has 106 valence electrons. The van der Waals surface area contributed by atoms with Gasteiger partial charge in [0, 0.05) is 24.4 Å². The molecule has 1 saturated heterocycles. The summed E-state index contributed by atoms with van der Waals surface area (Å²) in [6.07, 6.45) is 4.45. The fourth-order valence-corrected chi connectivity index (χ4v) is 3.20. The predicted octanol–water partition coefficient (Wildman–Crippen LogP) is 3.63. The molecular weight excluding hydrogens is 234 g/mol. The van der Waals surface area contributed by atoms with Crippen molar-refractivity contribution in [2.45, 2.75) is 52.0 Å². The van der Waals surface area contributed by atoms with Gasteiger partial charge in [0.2, 0.25) is 0 Å². The second-order valence-corrected chi connectivity index (χ2v) is 6.32. The molecule has 2 rings (SSSR count). The van der Waals surface area contributed by atoms with Crippen molar-refractivity contribution in [3.63, 3.8) is 0 Å². The van der Waals surface area contributed by atoms with Crippen molar-refractivity contribution in [1.82, 2.24) is 0 Å². The van der Waals surface area contributed by atoms with Crippen molar-refractivity contribution in [2.24, 2.45) is 5.92 Å². The SMILES string of the molecule is CCc1ccccc1N1CC(CCO)CCC1(C)C. The van der Waals surface area contributed by atoms with E-state index in [0.29, 0.717) is 12.5 Å². The molecule has 0 spiro atoms. The Morgan fingerprint density at radius 1 is 1.32 bits per heavy atom. The number of anilines is 1. The second kappa shape index (κ2) is 5.96. The van der Waals surface area contributed by atoms with Crippen molar-refractivity contribution in [3.05, 3.63) is 29.8 Å². The molecule has 0 aromatic heterocycles. The molecule has 1 atom stereocenters.